The lowest BCUT2D eigenvalue weighted by atomic mass is 9.95. The average molecular weight is 262 g/mol. The molecule has 0 aromatic heterocycles. The van der Waals surface area contributed by atoms with Gasteiger partial charge in [-0.1, -0.05) is 6.07 Å². The lowest BCUT2D eigenvalue weighted by molar-refractivity contribution is 0.0601. The maximum absolute atomic E-state index is 11.4. The summed E-state index contributed by atoms with van der Waals surface area (Å²) in [4.78, 5) is 11.4. The molecule has 104 valence electrons. The third-order valence-electron chi connectivity index (χ3n) is 3.62. The number of nitrogens with one attached hydrogen (secondary N) is 2. The first-order valence-electron chi connectivity index (χ1n) is 6.92. The molecular weight excluding hydrogens is 240 g/mol. The highest BCUT2D eigenvalue weighted by molar-refractivity contribution is 5.90. The first-order valence-corrected chi connectivity index (χ1v) is 6.92. The normalized spacial score (nSPS) is 16.1. The zero-order valence-electron chi connectivity index (χ0n) is 11.4. The van der Waals surface area contributed by atoms with Gasteiger partial charge in [0, 0.05) is 12.2 Å². The standard InChI is InChI=1S/C15H22N2O2/c1-19-15(18)13-3-2-4-14(11-13)17-10-7-12-5-8-16-9-6-12/h2-4,11-12,16-17H,5-10H2,1H3. The Labute approximate surface area is 114 Å². The summed E-state index contributed by atoms with van der Waals surface area (Å²) in [7, 11) is 1.40. The summed E-state index contributed by atoms with van der Waals surface area (Å²) in [5.74, 6) is 0.527. The van der Waals surface area contributed by atoms with Crippen molar-refractivity contribution in [3.8, 4) is 0 Å². The number of hydrogen-bond donors (Lipinski definition) is 2. The van der Waals surface area contributed by atoms with Crippen LogP contribution in [0.15, 0.2) is 24.3 Å². The van der Waals surface area contributed by atoms with Gasteiger partial charge in [0.05, 0.1) is 12.7 Å². The van der Waals surface area contributed by atoms with Crippen molar-refractivity contribution in [3.63, 3.8) is 0 Å². The molecule has 1 heterocycles. The monoisotopic (exact) mass is 262 g/mol. The quantitative estimate of drug-likeness (QED) is 0.799. The van der Waals surface area contributed by atoms with Crippen LogP contribution >= 0.6 is 0 Å². The van der Waals surface area contributed by atoms with E-state index in [1.54, 1.807) is 6.07 Å². The second-order valence-corrected chi connectivity index (χ2v) is 4.98. The SMILES string of the molecule is COC(=O)c1cccc(NCCC2CCNCC2)c1. The van der Waals surface area contributed by atoms with Crippen molar-refractivity contribution < 1.29 is 9.53 Å². The molecule has 4 nitrogen and oxygen atoms in total. The number of carbonyl (C=O) groups is 1. The van der Waals surface area contributed by atoms with Crippen LogP contribution in [0.1, 0.15) is 29.6 Å². The topological polar surface area (TPSA) is 50.4 Å². The first kappa shape index (κ1) is 13.9. The van der Waals surface area contributed by atoms with E-state index < -0.39 is 0 Å². The molecule has 0 amide bonds. The number of benzene rings is 1. The molecule has 1 aromatic carbocycles. The molecule has 1 saturated heterocycles. The molecule has 0 aliphatic carbocycles. The highest BCUT2D eigenvalue weighted by Crippen LogP contribution is 2.17. The van der Waals surface area contributed by atoms with Gasteiger partial charge in [-0.3, -0.25) is 0 Å². The van der Waals surface area contributed by atoms with Crippen LogP contribution in [-0.2, 0) is 4.74 Å². The number of esters is 1. The molecule has 19 heavy (non-hydrogen) atoms. The Morgan fingerprint density at radius 1 is 1.42 bits per heavy atom. The second-order valence-electron chi connectivity index (χ2n) is 4.98. The molecule has 2 N–H and O–H groups in total. The highest BCUT2D eigenvalue weighted by Gasteiger charge is 2.12. The maximum atomic E-state index is 11.4. The van der Waals surface area contributed by atoms with Gasteiger partial charge in [-0.05, 0) is 56.5 Å². The molecular formula is C15H22N2O2. The molecule has 0 spiro atoms. The van der Waals surface area contributed by atoms with Gasteiger partial charge in [0.15, 0.2) is 0 Å². The molecule has 0 atom stereocenters. The summed E-state index contributed by atoms with van der Waals surface area (Å²) in [6.07, 6.45) is 3.72. The van der Waals surface area contributed by atoms with Crippen molar-refractivity contribution in [2.45, 2.75) is 19.3 Å². The zero-order valence-corrected chi connectivity index (χ0v) is 11.4. The number of rotatable bonds is 5. The van der Waals surface area contributed by atoms with Crippen LogP contribution in [0.25, 0.3) is 0 Å². The Balaban J connectivity index is 1.80. The van der Waals surface area contributed by atoms with Crippen LogP contribution in [0.2, 0.25) is 0 Å². The minimum Gasteiger partial charge on any atom is -0.465 e. The van der Waals surface area contributed by atoms with E-state index in [0.717, 1.165) is 31.2 Å². The third-order valence-corrected chi connectivity index (χ3v) is 3.62. The van der Waals surface area contributed by atoms with E-state index >= 15 is 0 Å². The van der Waals surface area contributed by atoms with Crippen molar-refractivity contribution in [2.75, 3.05) is 32.1 Å². The number of carbonyl (C=O) groups excluding carboxylic acids is 1. The van der Waals surface area contributed by atoms with Crippen molar-refractivity contribution in [1.29, 1.82) is 0 Å². The molecule has 0 bridgehead atoms. The summed E-state index contributed by atoms with van der Waals surface area (Å²) >= 11 is 0. The lowest BCUT2D eigenvalue weighted by Crippen LogP contribution is -2.28. The first-order chi connectivity index (χ1) is 9.29. The van der Waals surface area contributed by atoms with E-state index in [-0.39, 0.29) is 5.97 Å². The van der Waals surface area contributed by atoms with E-state index in [1.807, 2.05) is 18.2 Å². The van der Waals surface area contributed by atoms with Crippen molar-refractivity contribution in [2.24, 2.45) is 5.92 Å². The molecule has 2 rings (SSSR count). The van der Waals surface area contributed by atoms with Gasteiger partial charge < -0.3 is 15.4 Å². The van der Waals surface area contributed by atoms with Crippen molar-refractivity contribution in [3.05, 3.63) is 29.8 Å². The van der Waals surface area contributed by atoms with Gasteiger partial charge in [0.2, 0.25) is 0 Å². The molecule has 0 radical (unpaired) electrons. The molecule has 1 aromatic rings. The van der Waals surface area contributed by atoms with Crippen molar-refractivity contribution >= 4 is 11.7 Å². The van der Waals surface area contributed by atoms with Crippen LogP contribution in [0, 0.1) is 5.92 Å². The van der Waals surface area contributed by atoms with E-state index in [1.165, 1.54) is 26.4 Å². The van der Waals surface area contributed by atoms with Crippen LogP contribution in [0.3, 0.4) is 0 Å². The average Bonchev–Trinajstić information content (AvgIpc) is 2.48. The second kappa shape index (κ2) is 7.14. The molecule has 4 heteroatoms. The van der Waals surface area contributed by atoms with E-state index in [2.05, 4.69) is 10.6 Å². The van der Waals surface area contributed by atoms with E-state index in [0.29, 0.717) is 5.56 Å². The largest absolute Gasteiger partial charge is 0.465 e. The van der Waals surface area contributed by atoms with Gasteiger partial charge in [-0.15, -0.1) is 0 Å². The predicted octanol–water partition coefficient (Wildman–Crippen LogP) is 2.27. The summed E-state index contributed by atoms with van der Waals surface area (Å²) in [6, 6.07) is 7.46. The molecule has 0 saturated carbocycles. The minimum atomic E-state index is -0.290. The van der Waals surface area contributed by atoms with Gasteiger partial charge in [0.25, 0.3) is 0 Å². The Bertz CT molecular complexity index is 414. The number of ether oxygens (including phenoxy) is 1. The molecule has 1 aliphatic rings. The lowest BCUT2D eigenvalue weighted by Gasteiger charge is -2.22. The highest BCUT2D eigenvalue weighted by atomic mass is 16.5. The summed E-state index contributed by atoms with van der Waals surface area (Å²) in [6.45, 7) is 3.24. The molecule has 1 aliphatic heterocycles. The number of hydrogen-bond acceptors (Lipinski definition) is 4. The van der Waals surface area contributed by atoms with Crippen LogP contribution in [0.4, 0.5) is 5.69 Å². The summed E-state index contributed by atoms with van der Waals surface area (Å²) in [5, 5.41) is 6.76. The van der Waals surface area contributed by atoms with Crippen LogP contribution in [-0.4, -0.2) is 32.7 Å². The summed E-state index contributed by atoms with van der Waals surface area (Å²) < 4.78 is 4.72. The Kier molecular flexibility index (Phi) is 5.21. The molecule has 0 unspecified atom stereocenters. The zero-order chi connectivity index (χ0) is 13.5. The minimum absolute atomic E-state index is 0.290. The maximum Gasteiger partial charge on any atom is 0.337 e. The van der Waals surface area contributed by atoms with Crippen LogP contribution in [0.5, 0.6) is 0 Å². The van der Waals surface area contributed by atoms with E-state index in [9.17, 15) is 4.79 Å². The fourth-order valence-electron chi connectivity index (χ4n) is 2.46. The van der Waals surface area contributed by atoms with Gasteiger partial charge in [-0.2, -0.15) is 0 Å². The smallest absolute Gasteiger partial charge is 0.337 e. The number of piperidine rings is 1. The van der Waals surface area contributed by atoms with Gasteiger partial charge >= 0.3 is 5.97 Å². The predicted molar refractivity (Wildman–Crippen MR) is 76.5 cm³/mol. The summed E-state index contributed by atoms with van der Waals surface area (Å²) in [5.41, 5.74) is 1.58. The van der Waals surface area contributed by atoms with Gasteiger partial charge in [-0.25, -0.2) is 4.79 Å². The third kappa shape index (κ3) is 4.24. The number of anilines is 1. The van der Waals surface area contributed by atoms with Crippen molar-refractivity contribution in [1.82, 2.24) is 5.32 Å². The van der Waals surface area contributed by atoms with Crippen LogP contribution < -0.4 is 10.6 Å². The van der Waals surface area contributed by atoms with Gasteiger partial charge in [0.1, 0.15) is 0 Å². The fraction of sp³-hybridized carbons (Fsp3) is 0.533. The Morgan fingerprint density at radius 2 is 2.21 bits per heavy atom. The number of methoxy groups -OCH3 is 1. The fourth-order valence-corrected chi connectivity index (χ4v) is 2.46. The van der Waals surface area contributed by atoms with E-state index in [4.69, 9.17) is 4.74 Å². The molecule has 1 fully saturated rings. The Morgan fingerprint density at radius 3 is 2.95 bits per heavy atom. The Hall–Kier alpha value is -1.55.